The van der Waals surface area contributed by atoms with E-state index in [-0.39, 0.29) is 0 Å². The SMILES string of the molecule is FC(F)(F)c1n[nH]c(=S)n1C(F)(F)F. The summed E-state index contributed by atoms with van der Waals surface area (Å²) in [4.78, 5) is 0. The fourth-order valence-electron chi connectivity index (χ4n) is 0.722. The number of hydrogen-bond acceptors (Lipinski definition) is 2. The monoisotopic (exact) mass is 237 g/mol. The molecule has 0 unspecified atom stereocenters. The second-order valence-corrected chi connectivity index (χ2v) is 2.54. The zero-order valence-electron chi connectivity index (χ0n) is 6.07. The number of nitrogens with one attached hydrogen (secondary N) is 1. The van der Waals surface area contributed by atoms with E-state index in [1.807, 2.05) is 0 Å². The van der Waals surface area contributed by atoms with Crippen LogP contribution in [0.3, 0.4) is 0 Å². The van der Waals surface area contributed by atoms with E-state index < -0.39 is 27.6 Å². The van der Waals surface area contributed by atoms with Crippen molar-refractivity contribution < 1.29 is 26.3 Å². The van der Waals surface area contributed by atoms with Gasteiger partial charge >= 0.3 is 12.5 Å². The summed E-state index contributed by atoms with van der Waals surface area (Å²) < 4.78 is 69.7. The molecule has 14 heavy (non-hydrogen) atoms. The summed E-state index contributed by atoms with van der Waals surface area (Å²) in [6.45, 7) is 0. The lowest BCUT2D eigenvalue weighted by atomic mass is 10.6. The van der Waals surface area contributed by atoms with E-state index in [0.717, 1.165) is 0 Å². The highest BCUT2D eigenvalue weighted by Crippen LogP contribution is 2.33. The zero-order chi connectivity index (χ0) is 11.1. The number of rotatable bonds is 0. The Hall–Kier alpha value is -1.06. The van der Waals surface area contributed by atoms with Gasteiger partial charge < -0.3 is 0 Å². The van der Waals surface area contributed by atoms with Gasteiger partial charge in [-0.15, -0.1) is 18.3 Å². The summed E-state index contributed by atoms with van der Waals surface area (Å²) in [6.07, 6.45) is -10.4. The van der Waals surface area contributed by atoms with E-state index in [1.54, 1.807) is 0 Å². The third-order valence-corrected chi connectivity index (χ3v) is 1.45. The van der Waals surface area contributed by atoms with Crippen LogP contribution in [-0.2, 0) is 12.5 Å². The van der Waals surface area contributed by atoms with Crippen LogP contribution in [0.15, 0.2) is 0 Å². The third kappa shape index (κ3) is 1.89. The molecule has 0 aromatic carbocycles. The molecule has 0 saturated carbocycles. The van der Waals surface area contributed by atoms with E-state index in [4.69, 9.17) is 0 Å². The van der Waals surface area contributed by atoms with Crippen LogP contribution < -0.4 is 0 Å². The Morgan fingerprint density at radius 1 is 1.14 bits per heavy atom. The van der Waals surface area contributed by atoms with Crippen molar-refractivity contribution in [1.29, 1.82) is 0 Å². The second kappa shape index (κ2) is 2.97. The van der Waals surface area contributed by atoms with Gasteiger partial charge in [0, 0.05) is 0 Å². The lowest BCUT2D eigenvalue weighted by molar-refractivity contribution is -0.223. The van der Waals surface area contributed by atoms with E-state index in [9.17, 15) is 26.3 Å². The molecule has 0 aliphatic rings. The minimum Gasteiger partial charge on any atom is -0.251 e. The summed E-state index contributed by atoms with van der Waals surface area (Å²) in [5, 5.41) is 3.88. The predicted molar refractivity (Wildman–Crippen MR) is 33.7 cm³/mol. The Morgan fingerprint density at radius 2 is 1.64 bits per heavy atom. The lowest BCUT2D eigenvalue weighted by Gasteiger charge is -2.11. The van der Waals surface area contributed by atoms with Crippen LogP contribution in [0.5, 0.6) is 0 Å². The molecule has 1 rings (SSSR count). The molecule has 1 aromatic heterocycles. The van der Waals surface area contributed by atoms with Crippen molar-refractivity contribution in [3.05, 3.63) is 10.6 Å². The minimum atomic E-state index is -5.24. The average Bonchev–Trinajstić information content (AvgIpc) is 2.27. The molecule has 1 heterocycles. The first kappa shape index (κ1) is 11.0. The van der Waals surface area contributed by atoms with Crippen LogP contribution in [0.25, 0.3) is 0 Å². The maximum absolute atomic E-state index is 12.0. The van der Waals surface area contributed by atoms with Crippen LogP contribution in [0.2, 0.25) is 0 Å². The number of aromatic amines is 1. The molecule has 0 spiro atoms. The van der Waals surface area contributed by atoms with Crippen molar-refractivity contribution in [2.24, 2.45) is 0 Å². The smallest absolute Gasteiger partial charge is 0.251 e. The van der Waals surface area contributed by atoms with E-state index in [2.05, 4.69) is 17.3 Å². The minimum absolute atomic E-state index is 1.04. The maximum atomic E-state index is 12.0. The number of aromatic nitrogens is 3. The number of alkyl halides is 6. The average molecular weight is 237 g/mol. The van der Waals surface area contributed by atoms with Gasteiger partial charge in [0.05, 0.1) is 0 Å². The summed E-state index contributed by atoms with van der Waals surface area (Å²) in [6, 6.07) is 0. The highest BCUT2D eigenvalue weighted by molar-refractivity contribution is 7.71. The molecule has 0 aliphatic carbocycles. The van der Waals surface area contributed by atoms with Crippen LogP contribution in [0, 0.1) is 4.77 Å². The van der Waals surface area contributed by atoms with Crippen LogP contribution in [0.1, 0.15) is 5.82 Å². The molecule has 0 bridgehead atoms. The second-order valence-electron chi connectivity index (χ2n) is 2.15. The topological polar surface area (TPSA) is 33.6 Å². The first-order valence-electron chi connectivity index (χ1n) is 2.96. The van der Waals surface area contributed by atoms with Crippen molar-refractivity contribution >= 4 is 12.2 Å². The molecule has 0 fully saturated rings. The molecule has 1 aromatic rings. The van der Waals surface area contributed by atoms with E-state index in [1.165, 1.54) is 5.10 Å². The Labute approximate surface area is 77.3 Å². The standard InChI is InChI=1S/C4HF6N3S/c5-3(6,7)1-11-12-2(14)13(1)4(8,9)10/h(H,12,14). The largest absolute Gasteiger partial charge is 0.492 e. The number of hydrogen-bond donors (Lipinski definition) is 1. The number of halogens is 6. The lowest BCUT2D eigenvalue weighted by Crippen LogP contribution is -2.24. The molecule has 0 atom stereocenters. The van der Waals surface area contributed by atoms with Crippen molar-refractivity contribution in [2.45, 2.75) is 12.5 Å². The van der Waals surface area contributed by atoms with Gasteiger partial charge in [0.15, 0.2) is 0 Å². The fourth-order valence-corrected chi connectivity index (χ4v) is 0.958. The van der Waals surface area contributed by atoms with Gasteiger partial charge in [-0.3, -0.25) is 5.10 Å². The quantitative estimate of drug-likeness (QED) is 0.555. The van der Waals surface area contributed by atoms with Gasteiger partial charge in [-0.2, -0.15) is 13.2 Å². The summed E-state index contributed by atoms with van der Waals surface area (Å²) in [5.74, 6) is -2.12. The first-order chi connectivity index (χ1) is 6.14. The normalized spacial score (nSPS) is 13.3. The molecule has 3 nitrogen and oxygen atoms in total. The summed E-state index contributed by atoms with van der Waals surface area (Å²) in [7, 11) is 0. The highest BCUT2D eigenvalue weighted by atomic mass is 32.1. The van der Waals surface area contributed by atoms with Crippen molar-refractivity contribution in [3.63, 3.8) is 0 Å². The molecule has 80 valence electrons. The van der Waals surface area contributed by atoms with Crippen molar-refractivity contribution in [2.75, 3.05) is 0 Å². The molecule has 10 heteroatoms. The van der Waals surface area contributed by atoms with E-state index >= 15 is 0 Å². The predicted octanol–water partition coefficient (Wildman–Crippen LogP) is 2.44. The molecular weight excluding hydrogens is 236 g/mol. The highest BCUT2D eigenvalue weighted by Gasteiger charge is 2.45. The first-order valence-corrected chi connectivity index (χ1v) is 3.36. The molecule has 0 amide bonds. The van der Waals surface area contributed by atoms with E-state index in [0.29, 0.717) is 0 Å². The van der Waals surface area contributed by atoms with Crippen LogP contribution >= 0.6 is 12.2 Å². The Morgan fingerprint density at radius 3 is 1.93 bits per heavy atom. The van der Waals surface area contributed by atoms with Crippen LogP contribution in [0.4, 0.5) is 26.3 Å². The Kier molecular flexibility index (Phi) is 2.34. The molecule has 0 aliphatic heterocycles. The number of H-pyrrole nitrogens is 1. The van der Waals surface area contributed by atoms with Gasteiger partial charge in [0.2, 0.25) is 10.6 Å². The molecular formula is C4HF6N3S. The van der Waals surface area contributed by atoms with Gasteiger partial charge in [0.1, 0.15) is 0 Å². The van der Waals surface area contributed by atoms with Crippen molar-refractivity contribution in [3.8, 4) is 0 Å². The zero-order valence-corrected chi connectivity index (χ0v) is 6.89. The van der Waals surface area contributed by atoms with Gasteiger partial charge in [-0.1, -0.05) is 0 Å². The Bertz CT molecular complexity index is 383. The summed E-state index contributed by atoms with van der Waals surface area (Å²) in [5.41, 5.74) is 0. The maximum Gasteiger partial charge on any atom is 0.492 e. The van der Waals surface area contributed by atoms with Gasteiger partial charge in [-0.05, 0) is 12.2 Å². The molecule has 0 saturated heterocycles. The number of nitrogens with zero attached hydrogens (tertiary/aromatic N) is 2. The van der Waals surface area contributed by atoms with Crippen LogP contribution in [-0.4, -0.2) is 14.8 Å². The van der Waals surface area contributed by atoms with Gasteiger partial charge in [0.25, 0.3) is 0 Å². The fraction of sp³-hybridized carbons (Fsp3) is 0.500. The summed E-state index contributed by atoms with van der Waals surface area (Å²) >= 11 is 4.01. The van der Waals surface area contributed by atoms with Crippen molar-refractivity contribution in [1.82, 2.24) is 14.8 Å². The third-order valence-electron chi connectivity index (χ3n) is 1.18. The molecule has 0 radical (unpaired) electrons. The Balaban J connectivity index is 3.43. The molecule has 1 N–H and O–H groups in total. The van der Waals surface area contributed by atoms with Gasteiger partial charge in [-0.25, -0.2) is 4.57 Å².